The zero-order chi connectivity index (χ0) is 25.7. The minimum Gasteiger partial charge on any atom is -0.295 e. The van der Waals surface area contributed by atoms with Crippen molar-refractivity contribution in [2.75, 3.05) is 6.54 Å². The van der Waals surface area contributed by atoms with Crippen molar-refractivity contribution < 1.29 is 27.2 Å². The molecule has 0 aliphatic carbocycles. The summed E-state index contributed by atoms with van der Waals surface area (Å²) in [6, 6.07) is 6.67. The van der Waals surface area contributed by atoms with Crippen molar-refractivity contribution in [1.29, 1.82) is 0 Å². The molecule has 2 saturated heterocycles. The number of benzene rings is 2. The summed E-state index contributed by atoms with van der Waals surface area (Å²) in [4.78, 5) is 10.6. The van der Waals surface area contributed by atoms with Gasteiger partial charge < -0.3 is 0 Å². The van der Waals surface area contributed by atoms with E-state index in [4.69, 9.17) is 59.4 Å². The predicted octanol–water partition coefficient (Wildman–Crippen LogP) is 0.360. The largest absolute Gasteiger partial charge is 0.413 e. The fourth-order valence-electron chi connectivity index (χ4n) is 3.77. The average molecular weight is 470 g/mol. The summed E-state index contributed by atoms with van der Waals surface area (Å²) in [5.74, 6) is 0. The number of hydrogen-bond acceptors (Lipinski definition) is 4. The maximum atomic E-state index is 14.5. The molecule has 34 heavy (non-hydrogen) atoms. The number of nitro groups is 1. The van der Waals surface area contributed by atoms with E-state index in [9.17, 15) is 27.9 Å². The summed E-state index contributed by atoms with van der Waals surface area (Å²) in [7, 11) is 35.1. The first-order valence-corrected chi connectivity index (χ1v) is 11.0. The van der Waals surface area contributed by atoms with Gasteiger partial charge in [-0.25, -0.2) is 9.34 Å². The van der Waals surface area contributed by atoms with Gasteiger partial charge in [-0.15, -0.1) is 0 Å². The van der Waals surface area contributed by atoms with E-state index < -0.39 is 58.1 Å². The van der Waals surface area contributed by atoms with Gasteiger partial charge in [-0.2, -0.15) is 13.2 Å². The summed E-state index contributed by atoms with van der Waals surface area (Å²) in [5, 5.41) is 4.52. The molecule has 3 atom stereocenters. The Bertz CT molecular complexity index is 1250. The van der Waals surface area contributed by atoms with Crippen LogP contribution < -0.4 is 0 Å². The van der Waals surface area contributed by atoms with Crippen molar-refractivity contribution in [2.45, 2.75) is 27.7 Å². The molecule has 0 aromatic heterocycles. The maximum Gasteiger partial charge on any atom is 0.413 e. The van der Waals surface area contributed by atoms with Crippen LogP contribution >= 0.6 is 7.67 Å². The van der Waals surface area contributed by atoms with Gasteiger partial charge >= 0.3 is 13.8 Å². The second-order valence-corrected chi connectivity index (χ2v) is 10.3. The minimum absolute atomic E-state index is 0.174. The fourth-order valence-corrected chi connectivity index (χ4v) is 6.73. The molecular weight excluding hydrogens is 462 g/mol. The van der Waals surface area contributed by atoms with Crippen LogP contribution in [-0.2, 0) is 14.6 Å². The van der Waals surface area contributed by atoms with E-state index in [1.165, 1.54) is 18.2 Å². The molecule has 18 heteroatoms. The number of hydrogen-bond donors (Lipinski definition) is 0. The Kier molecular flexibility index (Phi) is 5.44. The molecule has 0 spiro atoms. The second-order valence-electron chi connectivity index (χ2n) is 8.26. The van der Waals surface area contributed by atoms with Crippen LogP contribution in [-0.4, -0.2) is 97.9 Å². The monoisotopic (exact) mass is 471 g/mol. The van der Waals surface area contributed by atoms with Gasteiger partial charge in [-0.1, -0.05) is 18.2 Å². The summed E-state index contributed by atoms with van der Waals surface area (Å²) in [6.07, 6.45) is -5.43. The molecule has 14 radical (unpaired) electrons. The van der Waals surface area contributed by atoms with Crippen molar-refractivity contribution >= 4 is 79.1 Å². The van der Waals surface area contributed by atoms with Gasteiger partial charge in [0.15, 0.2) is 5.50 Å². The van der Waals surface area contributed by atoms with E-state index in [0.717, 1.165) is 18.2 Å². The van der Waals surface area contributed by atoms with E-state index in [1.54, 1.807) is 0 Å². The van der Waals surface area contributed by atoms with Crippen LogP contribution in [0.3, 0.4) is 0 Å². The molecule has 0 bridgehead atoms. The van der Waals surface area contributed by atoms with Gasteiger partial charge in [0.2, 0.25) is 0 Å². The third kappa shape index (κ3) is 3.45. The molecule has 7 nitrogen and oxygen atoms in total. The van der Waals surface area contributed by atoms with Crippen molar-refractivity contribution in [3.05, 3.63) is 52.1 Å². The molecule has 0 amide bonds. The van der Waals surface area contributed by atoms with Gasteiger partial charge in [0, 0.05) is 12.6 Å². The number of rotatable bonds is 6. The topological polar surface area (TPSA) is 75.5 Å². The molecule has 158 valence electrons. The summed E-state index contributed by atoms with van der Waals surface area (Å²) >= 11 is 0. The van der Waals surface area contributed by atoms with Crippen LogP contribution in [0.4, 0.5) is 18.9 Å². The van der Waals surface area contributed by atoms with Crippen molar-refractivity contribution in [3.8, 4) is 0 Å². The van der Waals surface area contributed by atoms with Crippen LogP contribution in [0, 0.1) is 10.1 Å². The second kappa shape index (κ2) is 7.25. The first kappa shape index (κ1) is 25.5. The summed E-state index contributed by atoms with van der Waals surface area (Å²) in [5.41, 5.74) is -5.10. The lowest BCUT2D eigenvalue weighted by Gasteiger charge is -2.39. The average Bonchev–Trinajstić information content (AvgIpc) is 3.46. The Morgan fingerprint density at radius 3 is 1.91 bits per heavy atom. The highest BCUT2D eigenvalue weighted by atomic mass is 31.2. The van der Waals surface area contributed by atoms with Crippen molar-refractivity contribution in [1.82, 2.24) is 9.34 Å². The molecule has 2 heterocycles. The Balaban J connectivity index is 1.94. The number of halogens is 3. The molecule has 2 aromatic carbocycles. The van der Waals surface area contributed by atoms with Gasteiger partial charge in [0.25, 0.3) is 5.69 Å². The van der Waals surface area contributed by atoms with Gasteiger partial charge in [0.1, 0.15) is 7.85 Å². The highest BCUT2D eigenvalue weighted by Gasteiger charge is 2.74. The lowest BCUT2D eigenvalue weighted by molar-refractivity contribution is -0.383. The van der Waals surface area contributed by atoms with E-state index >= 15 is 0 Å². The van der Waals surface area contributed by atoms with Crippen molar-refractivity contribution in [2.24, 2.45) is 0 Å². The minimum atomic E-state index is -5.43. The maximum absolute atomic E-state index is 14.5. The predicted molar refractivity (Wildman–Crippen MR) is 124 cm³/mol. The Hall–Kier alpha value is -1.55. The quantitative estimate of drug-likeness (QED) is 0.200. The SMILES string of the molecule is [B]C1([B])CN1P(=O)(OC([B])(c1ccc([N+](=O)[O-])c2ccccc12)C(F)(F)F)N1C([B])([B])C1([B])[B]. The van der Waals surface area contributed by atoms with E-state index in [1.807, 2.05) is 0 Å². The molecule has 2 fully saturated rings. The molecule has 0 N–H and O–H groups in total. The van der Waals surface area contributed by atoms with Crippen LogP contribution in [0.15, 0.2) is 36.4 Å². The molecule has 2 aliphatic heterocycles. The Morgan fingerprint density at radius 2 is 1.50 bits per heavy atom. The Labute approximate surface area is 202 Å². The molecule has 2 aromatic rings. The zero-order valence-corrected chi connectivity index (χ0v) is 18.2. The van der Waals surface area contributed by atoms with Crippen LogP contribution in [0.5, 0.6) is 0 Å². The number of non-ortho nitro benzene ring substituents is 1. The first-order valence-electron chi connectivity index (χ1n) is 9.47. The molecule has 3 unspecified atom stereocenters. The van der Waals surface area contributed by atoms with Gasteiger partial charge in [-0.05, 0) is 39.1 Å². The number of fused-ring (bicyclic) bond motifs is 1. The Morgan fingerprint density at radius 1 is 1.00 bits per heavy atom. The fraction of sp³-hybridized carbons (Fsp3) is 0.375. The third-order valence-corrected chi connectivity index (χ3v) is 8.63. The normalized spacial score (nSPS) is 26.3. The number of nitro benzene ring substituents is 1. The highest BCUT2D eigenvalue weighted by Crippen LogP contribution is 2.75. The van der Waals surface area contributed by atoms with E-state index in [2.05, 4.69) is 0 Å². The van der Waals surface area contributed by atoms with Gasteiger partial charge in [-0.3, -0.25) is 19.2 Å². The van der Waals surface area contributed by atoms with E-state index in [-0.39, 0.29) is 10.8 Å². The summed E-state index contributed by atoms with van der Waals surface area (Å²) < 4.78 is 63.8. The standard InChI is InChI=1S/C16H8B7F3N3O4P/c17-12(18)7-27(12)34(32,29-14(20,21)15(29,22)23)33-13(19,16(24,25)26)10-5-6-11(28(30)31)9-4-2-1-3-8(9)10/h1-6H,7H2. The molecular formula is C16H8B7F3N3O4P. The smallest absolute Gasteiger partial charge is 0.295 e. The first-order chi connectivity index (χ1) is 15.3. The zero-order valence-electron chi connectivity index (χ0n) is 17.3. The lowest BCUT2D eigenvalue weighted by atomic mass is 9.49. The third-order valence-electron chi connectivity index (χ3n) is 5.81. The lowest BCUT2D eigenvalue weighted by Crippen LogP contribution is -2.46. The number of nitrogens with zero attached hydrogens (tertiary/aromatic N) is 3. The van der Waals surface area contributed by atoms with Crippen LogP contribution in [0.25, 0.3) is 10.8 Å². The van der Waals surface area contributed by atoms with Crippen LogP contribution in [0.2, 0.25) is 0 Å². The number of alkyl halides is 3. The van der Waals surface area contributed by atoms with E-state index in [0.29, 0.717) is 9.34 Å². The summed E-state index contributed by atoms with van der Waals surface area (Å²) in [6.45, 7) is -0.401. The van der Waals surface area contributed by atoms with Crippen LogP contribution in [0.1, 0.15) is 5.56 Å². The molecule has 0 saturated carbocycles. The molecule has 4 rings (SSSR count). The van der Waals surface area contributed by atoms with Crippen molar-refractivity contribution in [3.63, 3.8) is 0 Å². The highest BCUT2D eigenvalue weighted by molar-refractivity contribution is 7.55. The van der Waals surface area contributed by atoms with Gasteiger partial charge in [0.05, 0.1) is 57.4 Å². The molecule has 2 aliphatic rings.